The van der Waals surface area contributed by atoms with Crippen molar-refractivity contribution in [1.82, 2.24) is 4.98 Å². The zero-order chi connectivity index (χ0) is 27.2. The van der Waals surface area contributed by atoms with Gasteiger partial charge >= 0.3 is 23.9 Å². The molecule has 0 saturated heterocycles. The topological polar surface area (TPSA) is 172 Å². The first-order chi connectivity index (χ1) is 17.7. The van der Waals surface area contributed by atoms with E-state index in [1.165, 1.54) is 18.2 Å². The lowest BCUT2D eigenvalue weighted by molar-refractivity contribution is -0.151. The Morgan fingerprint density at radius 2 is 1.51 bits per heavy atom. The normalized spacial score (nSPS) is 12.3. The largest absolute Gasteiger partial charge is 0.466 e. The molecule has 0 aromatic carbocycles. The van der Waals surface area contributed by atoms with E-state index in [0.29, 0.717) is 12.2 Å². The van der Waals surface area contributed by atoms with E-state index in [0.717, 1.165) is 25.5 Å². The minimum atomic E-state index is -1.27. The molecule has 2 rings (SSSR count). The maximum atomic E-state index is 12.2. The van der Waals surface area contributed by atoms with Gasteiger partial charge in [0.25, 0.3) is 0 Å². The predicted molar refractivity (Wildman–Crippen MR) is 125 cm³/mol. The van der Waals surface area contributed by atoms with Crippen LogP contribution in [0.1, 0.15) is 59.2 Å². The van der Waals surface area contributed by atoms with Crippen LogP contribution in [0.15, 0.2) is 34.7 Å². The van der Waals surface area contributed by atoms with Crippen LogP contribution < -0.4 is 0 Å². The molecule has 12 nitrogen and oxygen atoms in total. The van der Waals surface area contributed by atoms with Crippen molar-refractivity contribution in [3.63, 3.8) is 0 Å². The number of aromatic nitrogens is 1. The highest BCUT2D eigenvalue weighted by Crippen LogP contribution is 2.12. The van der Waals surface area contributed by atoms with Gasteiger partial charge in [0.15, 0.2) is 6.10 Å². The number of esters is 4. The van der Waals surface area contributed by atoms with Crippen LogP contribution in [0.4, 0.5) is 0 Å². The molecule has 2 unspecified atom stereocenters. The number of hydrogen-bond acceptors (Lipinski definition) is 12. The second-order valence-corrected chi connectivity index (χ2v) is 7.97. The molecule has 2 aromatic rings. The Bertz CT molecular complexity index is 1050. The maximum absolute atomic E-state index is 12.2. The van der Waals surface area contributed by atoms with Crippen molar-refractivity contribution in [2.24, 2.45) is 0 Å². The van der Waals surface area contributed by atoms with Crippen molar-refractivity contribution in [3.05, 3.63) is 53.2 Å². The quantitative estimate of drug-likeness (QED) is 0.255. The highest BCUT2D eigenvalue weighted by molar-refractivity contribution is 5.91. The van der Waals surface area contributed by atoms with Crippen LogP contribution >= 0.6 is 0 Å². The number of carbonyl (C=O) groups excluding carboxylic acids is 4. The molecule has 12 heteroatoms. The van der Waals surface area contributed by atoms with Gasteiger partial charge in [-0.25, -0.2) is 14.6 Å². The van der Waals surface area contributed by atoms with Gasteiger partial charge in [-0.15, -0.1) is 0 Å². The third-order valence-corrected chi connectivity index (χ3v) is 4.74. The molecule has 37 heavy (non-hydrogen) atoms. The number of aryl methyl sites for hydroxylation is 2. The molecule has 2 aromatic heterocycles. The molecule has 2 heterocycles. The van der Waals surface area contributed by atoms with Crippen molar-refractivity contribution >= 4 is 23.9 Å². The van der Waals surface area contributed by atoms with Gasteiger partial charge in [-0.05, 0) is 30.7 Å². The van der Waals surface area contributed by atoms with Crippen LogP contribution in [0.3, 0.4) is 0 Å². The van der Waals surface area contributed by atoms with E-state index in [4.69, 9.17) is 28.5 Å². The molecular formula is C25H31NO11. The average molecular weight is 522 g/mol. The predicted octanol–water partition coefficient (Wildman–Crippen LogP) is 1.40. The van der Waals surface area contributed by atoms with E-state index in [1.54, 1.807) is 0 Å². The van der Waals surface area contributed by atoms with Crippen molar-refractivity contribution in [3.8, 4) is 0 Å². The summed E-state index contributed by atoms with van der Waals surface area (Å²) in [5.41, 5.74) is -0.444. The molecule has 0 aliphatic rings. The van der Waals surface area contributed by atoms with Crippen molar-refractivity contribution in [1.29, 1.82) is 0 Å². The Morgan fingerprint density at radius 3 is 2.11 bits per heavy atom. The van der Waals surface area contributed by atoms with Crippen LogP contribution in [0.2, 0.25) is 0 Å². The summed E-state index contributed by atoms with van der Waals surface area (Å²) in [4.78, 5) is 51.1. The Labute approximate surface area is 213 Å². The number of rotatable bonds is 15. The van der Waals surface area contributed by atoms with Gasteiger partial charge in [0.05, 0.1) is 13.0 Å². The fraction of sp³-hybridized carbons (Fsp3) is 0.480. The Balaban J connectivity index is 1.73. The van der Waals surface area contributed by atoms with Crippen LogP contribution in [0, 0.1) is 0 Å². The molecule has 0 radical (unpaired) electrons. The summed E-state index contributed by atoms with van der Waals surface area (Å²) in [6.45, 7) is 1.39. The lowest BCUT2D eigenvalue weighted by Crippen LogP contribution is -2.28. The van der Waals surface area contributed by atoms with E-state index in [2.05, 4.69) is 4.98 Å². The van der Waals surface area contributed by atoms with Gasteiger partial charge in [0, 0.05) is 19.8 Å². The van der Waals surface area contributed by atoms with Crippen LogP contribution in [0.25, 0.3) is 0 Å². The van der Waals surface area contributed by atoms with E-state index in [9.17, 15) is 24.3 Å². The number of furan rings is 1. The number of pyridine rings is 1. The molecule has 0 spiro atoms. The van der Waals surface area contributed by atoms with Gasteiger partial charge in [-0.3, -0.25) is 9.59 Å². The first kappa shape index (κ1) is 29.5. The fourth-order valence-electron chi connectivity index (χ4n) is 2.98. The molecule has 0 aliphatic heterocycles. The number of hydrogen-bond donors (Lipinski definition) is 2. The minimum absolute atomic E-state index is 0.0678. The number of aliphatic hydroxyl groups excluding tert-OH is 2. The van der Waals surface area contributed by atoms with Crippen molar-refractivity contribution in [2.75, 3.05) is 26.4 Å². The Hall–Kier alpha value is -3.77. The molecule has 202 valence electrons. The number of ether oxygens (including phenoxy) is 4. The average Bonchev–Trinajstić information content (AvgIpc) is 3.34. The number of carbonyl (C=O) groups is 4. The van der Waals surface area contributed by atoms with Gasteiger partial charge in [0.1, 0.15) is 48.8 Å². The summed E-state index contributed by atoms with van der Waals surface area (Å²) in [6.07, 6.45) is -0.0921. The molecule has 2 atom stereocenters. The molecule has 0 aliphatic carbocycles. The number of nitrogens with zero attached hydrogens (tertiary/aromatic N) is 1. The van der Waals surface area contributed by atoms with E-state index in [1.807, 2.05) is 19.1 Å². The fourth-order valence-corrected chi connectivity index (χ4v) is 2.98. The second kappa shape index (κ2) is 15.4. The Morgan fingerprint density at radius 1 is 0.919 bits per heavy atom. The molecule has 2 N–H and O–H groups in total. The summed E-state index contributed by atoms with van der Waals surface area (Å²) in [7, 11) is 0. The van der Waals surface area contributed by atoms with Crippen LogP contribution in [-0.2, 0) is 41.4 Å². The van der Waals surface area contributed by atoms with E-state index in [-0.39, 0.29) is 24.4 Å². The van der Waals surface area contributed by atoms with Gasteiger partial charge in [-0.1, -0.05) is 13.0 Å². The summed E-state index contributed by atoms with van der Waals surface area (Å²) in [5.74, 6) is -1.49. The van der Waals surface area contributed by atoms with Gasteiger partial charge < -0.3 is 33.6 Å². The first-order valence-corrected chi connectivity index (χ1v) is 11.7. The lowest BCUT2D eigenvalue weighted by atomic mass is 10.2. The van der Waals surface area contributed by atoms with Crippen molar-refractivity contribution in [2.45, 2.75) is 51.7 Å². The highest BCUT2D eigenvalue weighted by Gasteiger charge is 2.19. The smallest absolute Gasteiger partial charge is 0.357 e. The molecular weight excluding hydrogens is 490 g/mol. The zero-order valence-corrected chi connectivity index (χ0v) is 20.7. The summed E-state index contributed by atoms with van der Waals surface area (Å²) >= 11 is 0. The van der Waals surface area contributed by atoms with Crippen molar-refractivity contribution < 1.29 is 52.8 Å². The monoisotopic (exact) mass is 521 g/mol. The maximum Gasteiger partial charge on any atom is 0.357 e. The standard InChI is InChI=1S/C25H31NO11/c1-3-5-18-8-9-19(37-18)10-11-23(30)33-13-17(29)14-34-24(31)21-6-4-7-22(26-21)25(32)35-15-20(12-27)36-16(2)28/h4,6-9,17,20,27,29H,3,5,10-15H2,1-2H3. The minimum Gasteiger partial charge on any atom is -0.466 e. The third kappa shape index (κ3) is 10.8. The third-order valence-electron chi connectivity index (χ3n) is 4.74. The van der Waals surface area contributed by atoms with Crippen LogP contribution in [0.5, 0.6) is 0 Å². The zero-order valence-electron chi connectivity index (χ0n) is 20.7. The summed E-state index contributed by atoms with van der Waals surface area (Å²) < 4.78 is 25.3. The molecule has 0 fully saturated rings. The highest BCUT2D eigenvalue weighted by atomic mass is 16.6. The second-order valence-electron chi connectivity index (χ2n) is 7.97. The Kier molecular flexibility index (Phi) is 12.2. The first-order valence-electron chi connectivity index (χ1n) is 11.7. The summed E-state index contributed by atoms with van der Waals surface area (Å²) in [6, 6.07) is 7.64. The SMILES string of the molecule is CCCc1ccc(CCC(=O)OCC(O)COC(=O)c2cccc(C(=O)OCC(CO)OC(C)=O)n2)o1. The molecule has 0 saturated carbocycles. The molecule has 0 bridgehead atoms. The number of aliphatic hydroxyl groups is 2. The van der Waals surface area contributed by atoms with E-state index < -0.39 is 55.9 Å². The lowest BCUT2D eigenvalue weighted by Gasteiger charge is -2.14. The van der Waals surface area contributed by atoms with Gasteiger partial charge in [-0.2, -0.15) is 0 Å². The molecule has 0 amide bonds. The summed E-state index contributed by atoms with van der Waals surface area (Å²) in [5, 5.41) is 19.1. The van der Waals surface area contributed by atoms with E-state index >= 15 is 0 Å². The van der Waals surface area contributed by atoms with Crippen LogP contribution in [-0.4, -0.2) is 77.7 Å². The van der Waals surface area contributed by atoms with Gasteiger partial charge in [0.2, 0.25) is 0 Å².